The van der Waals surface area contributed by atoms with Crippen molar-refractivity contribution in [3.05, 3.63) is 58.9 Å². The molecule has 0 saturated heterocycles. The minimum atomic E-state index is 0.582. The number of hydrogen-bond donors (Lipinski definition) is 0. The topological polar surface area (TPSA) is 56.7 Å². The van der Waals surface area contributed by atoms with Crippen molar-refractivity contribution in [1.82, 2.24) is 19.7 Å². The van der Waals surface area contributed by atoms with Gasteiger partial charge in [-0.1, -0.05) is 57.1 Å². The summed E-state index contributed by atoms with van der Waals surface area (Å²) in [5.41, 5.74) is 3.02. The maximum absolute atomic E-state index is 5.36. The third kappa shape index (κ3) is 2.97. The highest BCUT2D eigenvalue weighted by Crippen LogP contribution is 2.26. The van der Waals surface area contributed by atoms with Crippen molar-refractivity contribution in [2.24, 2.45) is 7.05 Å². The van der Waals surface area contributed by atoms with E-state index in [2.05, 4.69) is 41.7 Å². The number of para-hydroxylation sites is 2. The van der Waals surface area contributed by atoms with Crippen LogP contribution in [0.15, 0.2) is 62.7 Å². The average Bonchev–Trinajstić information content (AvgIpc) is 3.19. The number of nitrogens with zero attached hydrogens (tertiary/aromatic N) is 4. The number of hydrogen-bond acceptors (Lipinski definition) is 5. The van der Waals surface area contributed by atoms with Gasteiger partial charge in [0.1, 0.15) is 0 Å². The van der Waals surface area contributed by atoms with Crippen LogP contribution in [0.2, 0.25) is 0 Å². The number of thioether (sulfide) groups is 1. The minimum Gasteiger partial charge on any atom is -0.338 e. The summed E-state index contributed by atoms with van der Waals surface area (Å²) in [5.74, 6) is 1.76. The SMILES string of the molecule is Cn1c(SCc2nc(-c3cccc(Br)c3)no2)nc2ccccc21. The summed E-state index contributed by atoms with van der Waals surface area (Å²) in [6.45, 7) is 0. The molecule has 0 amide bonds. The lowest BCUT2D eigenvalue weighted by molar-refractivity contribution is 0.391. The van der Waals surface area contributed by atoms with Crippen LogP contribution >= 0.6 is 27.7 Å². The maximum atomic E-state index is 5.36. The van der Waals surface area contributed by atoms with Gasteiger partial charge in [-0.05, 0) is 24.3 Å². The lowest BCUT2D eigenvalue weighted by Gasteiger charge is -1.99. The Morgan fingerprint density at radius 3 is 2.83 bits per heavy atom. The second-order valence-corrected chi connectivity index (χ2v) is 7.11. The molecule has 0 aliphatic rings. The highest BCUT2D eigenvalue weighted by atomic mass is 79.9. The molecule has 4 rings (SSSR count). The molecule has 5 nitrogen and oxygen atoms in total. The van der Waals surface area contributed by atoms with E-state index in [0.29, 0.717) is 17.5 Å². The first-order chi connectivity index (χ1) is 11.7. The number of rotatable bonds is 4. The van der Waals surface area contributed by atoms with Crippen molar-refractivity contribution >= 4 is 38.7 Å². The van der Waals surface area contributed by atoms with Crippen molar-refractivity contribution < 1.29 is 4.52 Å². The molecule has 24 heavy (non-hydrogen) atoms. The van der Waals surface area contributed by atoms with Crippen molar-refractivity contribution in [2.45, 2.75) is 10.9 Å². The summed E-state index contributed by atoms with van der Waals surface area (Å²) in [6.07, 6.45) is 0. The first-order valence-electron chi connectivity index (χ1n) is 7.33. The van der Waals surface area contributed by atoms with E-state index in [-0.39, 0.29) is 0 Å². The number of benzene rings is 2. The first-order valence-corrected chi connectivity index (χ1v) is 9.11. The van der Waals surface area contributed by atoms with E-state index in [0.717, 1.165) is 26.2 Å². The van der Waals surface area contributed by atoms with Gasteiger partial charge in [-0.15, -0.1) is 0 Å². The van der Waals surface area contributed by atoms with Gasteiger partial charge in [-0.2, -0.15) is 4.98 Å². The maximum Gasteiger partial charge on any atom is 0.237 e. The first kappa shape index (κ1) is 15.4. The average molecular weight is 401 g/mol. The van der Waals surface area contributed by atoms with Crippen LogP contribution in [0.1, 0.15) is 5.89 Å². The predicted octanol–water partition coefficient (Wildman–Crippen LogP) is 4.68. The summed E-state index contributed by atoms with van der Waals surface area (Å²) in [6, 6.07) is 15.9. The Morgan fingerprint density at radius 1 is 1.12 bits per heavy atom. The van der Waals surface area contributed by atoms with Gasteiger partial charge in [0.05, 0.1) is 16.8 Å². The third-order valence-electron chi connectivity index (χ3n) is 3.62. The van der Waals surface area contributed by atoms with Gasteiger partial charge in [0, 0.05) is 17.1 Å². The highest BCUT2D eigenvalue weighted by Gasteiger charge is 2.12. The summed E-state index contributed by atoms with van der Waals surface area (Å²) in [4.78, 5) is 9.10. The number of aryl methyl sites for hydroxylation is 1. The molecule has 0 bridgehead atoms. The lowest BCUT2D eigenvalue weighted by atomic mass is 10.2. The van der Waals surface area contributed by atoms with Crippen LogP contribution in [0.25, 0.3) is 22.4 Å². The van der Waals surface area contributed by atoms with Gasteiger partial charge < -0.3 is 9.09 Å². The molecule has 7 heteroatoms. The van der Waals surface area contributed by atoms with E-state index in [1.165, 1.54) is 0 Å². The molecule has 0 spiro atoms. The fourth-order valence-corrected chi connectivity index (χ4v) is 3.66. The van der Waals surface area contributed by atoms with Gasteiger partial charge in [-0.25, -0.2) is 4.98 Å². The van der Waals surface area contributed by atoms with Gasteiger partial charge >= 0.3 is 0 Å². The Kier molecular flexibility index (Phi) is 4.12. The molecular weight excluding hydrogens is 388 g/mol. The number of fused-ring (bicyclic) bond motifs is 1. The molecule has 0 radical (unpaired) electrons. The normalized spacial score (nSPS) is 11.2. The Hall–Kier alpha value is -2.12. The van der Waals surface area contributed by atoms with Gasteiger partial charge in [0.2, 0.25) is 11.7 Å². The second-order valence-electron chi connectivity index (χ2n) is 5.25. The molecule has 0 saturated carbocycles. The summed E-state index contributed by atoms with van der Waals surface area (Å²) < 4.78 is 8.42. The Bertz CT molecular complexity index is 1010. The second kappa shape index (κ2) is 6.41. The van der Waals surface area contributed by atoms with Crippen molar-refractivity contribution in [3.63, 3.8) is 0 Å². The molecule has 0 fully saturated rings. The monoisotopic (exact) mass is 400 g/mol. The molecule has 2 aromatic heterocycles. The van der Waals surface area contributed by atoms with Crippen LogP contribution in [0.5, 0.6) is 0 Å². The third-order valence-corrected chi connectivity index (χ3v) is 5.13. The van der Waals surface area contributed by atoms with E-state index in [9.17, 15) is 0 Å². The zero-order chi connectivity index (χ0) is 16.5. The summed E-state index contributed by atoms with van der Waals surface area (Å²) >= 11 is 5.03. The van der Waals surface area contributed by atoms with Gasteiger partial charge in [0.15, 0.2) is 5.16 Å². The fraction of sp³-hybridized carbons (Fsp3) is 0.118. The van der Waals surface area contributed by atoms with Crippen LogP contribution in [-0.4, -0.2) is 19.7 Å². The number of halogens is 1. The summed E-state index contributed by atoms with van der Waals surface area (Å²) in [7, 11) is 2.01. The molecule has 4 aromatic rings. The molecule has 0 unspecified atom stereocenters. The van der Waals surface area contributed by atoms with Crippen LogP contribution in [-0.2, 0) is 12.8 Å². The lowest BCUT2D eigenvalue weighted by Crippen LogP contribution is -1.91. The van der Waals surface area contributed by atoms with Crippen molar-refractivity contribution in [3.8, 4) is 11.4 Å². The molecule has 0 aliphatic carbocycles. The van der Waals surface area contributed by atoms with E-state index in [1.807, 2.05) is 49.5 Å². The standard InChI is InChI=1S/C17H13BrN4OS/c1-22-14-8-3-2-7-13(14)19-17(22)24-10-15-20-16(21-23-15)11-5-4-6-12(18)9-11/h2-9H,10H2,1H3. The smallest absolute Gasteiger partial charge is 0.237 e. The van der Waals surface area contributed by atoms with Crippen LogP contribution in [0.3, 0.4) is 0 Å². The number of imidazole rings is 1. The fourth-order valence-electron chi connectivity index (χ4n) is 2.44. The molecule has 0 N–H and O–H groups in total. The number of aromatic nitrogens is 4. The van der Waals surface area contributed by atoms with Gasteiger partial charge in [0.25, 0.3) is 0 Å². The van der Waals surface area contributed by atoms with E-state index < -0.39 is 0 Å². The molecule has 0 aliphatic heterocycles. The van der Waals surface area contributed by atoms with E-state index in [4.69, 9.17) is 4.52 Å². The quantitative estimate of drug-likeness (QED) is 0.465. The van der Waals surface area contributed by atoms with Gasteiger partial charge in [-0.3, -0.25) is 0 Å². The summed E-state index contributed by atoms with van der Waals surface area (Å²) in [5, 5.41) is 4.99. The predicted molar refractivity (Wildman–Crippen MR) is 97.7 cm³/mol. The zero-order valence-electron chi connectivity index (χ0n) is 12.8. The van der Waals surface area contributed by atoms with E-state index >= 15 is 0 Å². The van der Waals surface area contributed by atoms with E-state index in [1.54, 1.807) is 11.8 Å². The Balaban J connectivity index is 1.53. The molecule has 2 heterocycles. The highest BCUT2D eigenvalue weighted by molar-refractivity contribution is 9.10. The Morgan fingerprint density at radius 2 is 2.00 bits per heavy atom. The zero-order valence-corrected chi connectivity index (χ0v) is 15.2. The van der Waals surface area contributed by atoms with Crippen LogP contribution < -0.4 is 0 Å². The molecular formula is C17H13BrN4OS. The van der Waals surface area contributed by atoms with Crippen LogP contribution in [0, 0.1) is 0 Å². The van der Waals surface area contributed by atoms with Crippen LogP contribution in [0.4, 0.5) is 0 Å². The molecule has 120 valence electrons. The minimum absolute atomic E-state index is 0.582. The van der Waals surface area contributed by atoms with Crippen molar-refractivity contribution in [1.29, 1.82) is 0 Å². The van der Waals surface area contributed by atoms with Crippen molar-refractivity contribution in [2.75, 3.05) is 0 Å². The Labute approximate surface area is 151 Å². The molecule has 0 atom stereocenters. The molecule has 2 aromatic carbocycles. The largest absolute Gasteiger partial charge is 0.338 e.